The quantitative estimate of drug-likeness (QED) is 0.683. The van der Waals surface area contributed by atoms with Crippen molar-refractivity contribution in [3.05, 3.63) is 0 Å². The van der Waals surface area contributed by atoms with Crippen molar-refractivity contribution in [3.8, 4) is 6.07 Å². The van der Waals surface area contributed by atoms with Crippen molar-refractivity contribution >= 4 is 11.8 Å². The molecular weight excluding hydrogens is 272 g/mol. The van der Waals surface area contributed by atoms with Crippen molar-refractivity contribution in [2.75, 3.05) is 32.8 Å². The molecular formula is C14H22N4O3. The number of nitriles is 1. The summed E-state index contributed by atoms with van der Waals surface area (Å²) in [6, 6.07) is 1.71. The zero-order chi connectivity index (χ0) is 15.2. The van der Waals surface area contributed by atoms with Crippen LogP contribution in [0.4, 0.5) is 0 Å². The highest BCUT2D eigenvalue weighted by molar-refractivity contribution is 5.82. The Morgan fingerprint density at radius 1 is 1.14 bits per heavy atom. The maximum atomic E-state index is 12.0. The summed E-state index contributed by atoms with van der Waals surface area (Å²) in [6.07, 6.45) is 3.33. The molecule has 0 aromatic rings. The van der Waals surface area contributed by atoms with Gasteiger partial charge >= 0.3 is 0 Å². The summed E-state index contributed by atoms with van der Waals surface area (Å²) in [5.74, 6) is -0.218. The highest BCUT2D eigenvalue weighted by Crippen LogP contribution is 2.17. The van der Waals surface area contributed by atoms with Crippen LogP contribution in [0.1, 0.15) is 25.7 Å². The smallest absolute Gasteiger partial charge is 0.237 e. The number of hydrogen-bond donors (Lipinski definition) is 2. The van der Waals surface area contributed by atoms with E-state index in [1.165, 1.54) is 0 Å². The van der Waals surface area contributed by atoms with E-state index in [0.29, 0.717) is 13.1 Å². The van der Waals surface area contributed by atoms with E-state index in [-0.39, 0.29) is 43.6 Å². The maximum Gasteiger partial charge on any atom is 0.237 e. The Kier molecular flexibility index (Phi) is 5.53. The fourth-order valence-corrected chi connectivity index (χ4v) is 3.03. The van der Waals surface area contributed by atoms with Gasteiger partial charge in [-0.1, -0.05) is 0 Å². The van der Waals surface area contributed by atoms with E-state index in [1.54, 1.807) is 9.80 Å². The van der Waals surface area contributed by atoms with Crippen molar-refractivity contribution in [3.63, 3.8) is 0 Å². The summed E-state index contributed by atoms with van der Waals surface area (Å²) < 4.78 is 0. The molecule has 2 atom stereocenters. The maximum absolute atomic E-state index is 12.0. The first-order valence-electron chi connectivity index (χ1n) is 7.47. The van der Waals surface area contributed by atoms with Gasteiger partial charge in [-0.15, -0.1) is 0 Å². The summed E-state index contributed by atoms with van der Waals surface area (Å²) in [7, 11) is 0. The lowest BCUT2D eigenvalue weighted by molar-refractivity contribution is -0.132. The molecule has 1 unspecified atom stereocenters. The molecule has 7 nitrogen and oxygen atoms in total. The van der Waals surface area contributed by atoms with Crippen molar-refractivity contribution in [2.24, 2.45) is 0 Å². The number of nitrogens with one attached hydrogen (secondary N) is 1. The van der Waals surface area contributed by atoms with Gasteiger partial charge in [-0.05, 0) is 25.7 Å². The molecule has 0 aliphatic carbocycles. The van der Waals surface area contributed by atoms with Crippen LogP contribution in [0.15, 0.2) is 0 Å². The number of likely N-dealkylation sites (tertiary alicyclic amines) is 2. The zero-order valence-corrected chi connectivity index (χ0v) is 12.1. The predicted molar refractivity (Wildman–Crippen MR) is 75.0 cm³/mol. The Bertz CT molecular complexity index is 434. The molecule has 2 heterocycles. The van der Waals surface area contributed by atoms with Gasteiger partial charge in [0, 0.05) is 13.1 Å². The molecule has 0 saturated carbocycles. The van der Waals surface area contributed by atoms with Gasteiger partial charge in [-0.3, -0.25) is 14.9 Å². The van der Waals surface area contributed by atoms with Gasteiger partial charge in [0.2, 0.25) is 11.8 Å². The highest BCUT2D eigenvalue weighted by atomic mass is 16.3. The van der Waals surface area contributed by atoms with Gasteiger partial charge in [-0.25, -0.2) is 0 Å². The van der Waals surface area contributed by atoms with Crippen molar-refractivity contribution in [1.82, 2.24) is 15.1 Å². The van der Waals surface area contributed by atoms with E-state index < -0.39 is 0 Å². The topological polar surface area (TPSA) is 96.7 Å². The minimum atomic E-state index is -0.327. The number of rotatable bonds is 5. The van der Waals surface area contributed by atoms with Gasteiger partial charge in [0.25, 0.3) is 0 Å². The van der Waals surface area contributed by atoms with Gasteiger partial charge < -0.3 is 14.9 Å². The van der Waals surface area contributed by atoms with Crippen LogP contribution in [0.3, 0.4) is 0 Å². The Balaban J connectivity index is 1.73. The van der Waals surface area contributed by atoms with Crippen LogP contribution < -0.4 is 5.32 Å². The van der Waals surface area contributed by atoms with Crippen molar-refractivity contribution in [2.45, 2.75) is 37.8 Å². The van der Waals surface area contributed by atoms with Crippen molar-refractivity contribution in [1.29, 1.82) is 5.26 Å². The Hall–Kier alpha value is -1.65. The van der Waals surface area contributed by atoms with E-state index in [4.69, 9.17) is 5.26 Å². The molecule has 7 heteroatoms. The standard InChI is InChI=1S/C14H22N4O3/c15-7-11-3-1-5-17(11)13(20)8-16-9-14(21)18-6-2-4-12(18)10-19/h11-12,16,19H,1-6,8-10H2/t11?,12-/m0/s1. The third-order valence-electron chi connectivity index (χ3n) is 4.18. The summed E-state index contributed by atoms with van der Waals surface area (Å²) >= 11 is 0. The second-order valence-electron chi connectivity index (χ2n) is 5.54. The molecule has 2 fully saturated rings. The van der Waals surface area contributed by atoms with Gasteiger partial charge in [-0.2, -0.15) is 5.26 Å². The summed E-state index contributed by atoms with van der Waals surface area (Å²) in [5.41, 5.74) is 0. The van der Waals surface area contributed by atoms with Crippen molar-refractivity contribution < 1.29 is 14.7 Å². The Morgan fingerprint density at radius 2 is 1.76 bits per heavy atom. The second kappa shape index (κ2) is 7.38. The first kappa shape index (κ1) is 15.7. The molecule has 2 rings (SSSR count). The number of aliphatic hydroxyl groups excluding tert-OH is 1. The minimum Gasteiger partial charge on any atom is -0.394 e. The van der Waals surface area contributed by atoms with Crippen LogP contribution in [-0.4, -0.2) is 71.6 Å². The lowest BCUT2D eigenvalue weighted by Gasteiger charge is -2.24. The van der Waals surface area contributed by atoms with E-state index in [1.807, 2.05) is 0 Å². The number of carbonyl (C=O) groups excluding carboxylic acids is 2. The van der Waals surface area contributed by atoms with Crippen LogP contribution in [0.2, 0.25) is 0 Å². The van der Waals surface area contributed by atoms with Crippen LogP contribution in [0.5, 0.6) is 0 Å². The molecule has 0 radical (unpaired) electrons. The molecule has 2 saturated heterocycles. The highest BCUT2D eigenvalue weighted by Gasteiger charge is 2.29. The van der Waals surface area contributed by atoms with Gasteiger partial charge in [0.15, 0.2) is 0 Å². The number of hydrogen-bond acceptors (Lipinski definition) is 5. The predicted octanol–water partition coefficient (Wildman–Crippen LogP) is -0.926. The summed E-state index contributed by atoms with van der Waals surface area (Å²) in [5, 5.41) is 21.0. The molecule has 21 heavy (non-hydrogen) atoms. The largest absolute Gasteiger partial charge is 0.394 e. The van der Waals surface area contributed by atoms with Crippen LogP contribution in [0, 0.1) is 11.3 Å². The second-order valence-corrected chi connectivity index (χ2v) is 5.54. The number of amides is 2. The van der Waals surface area contributed by atoms with Crippen LogP contribution in [0.25, 0.3) is 0 Å². The summed E-state index contributed by atoms with van der Waals surface area (Å²) in [4.78, 5) is 27.2. The molecule has 0 bridgehead atoms. The van der Waals surface area contributed by atoms with Gasteiger partial charge in [0.1, 0.15) is 6.04 Å². The summed E-state index contributed by atoms with van der Waals surface area (Å²) in [6.45, 7) is 1.44. The lowest BCUT2D eigenvalue weighted by Crippen LogP contribution is -2.46. The van der Waals surface area contributed by atoms with E-state index >= 15 is 0 Å². The first-order chi connectivity index (χ1) is 10.2. The third kappa shape index (κ3) is 3.71. The van der Waals surface area contributed by atoms with E-state index in [2.05, 4.69) is 11.4 Å². The number of carbonyl (C=O) groups is 2. The average molecular weight is 294 g/mol. The fourth-order valence-electron chi connectivity index (χ4n) is 3.03. The third-order valence-corrected chi connectivity index (χ3v) is 4.18. The zero-order valence-electron chi connectivity index (χ0n) is 12.1. The normalized spacial score (nSPS) is 25.1. The molecule has 2 N–H and O–H groups in total. The molecule has 2 aliphatic heterocycles. The Labute approximate surface area is 124 Å². The molecule has 2 aliphatic rings. The molecule has 0 spiro atoms. The van der Waals surface area contributed by atoms with Crippen LogP contribution >= 0.6 is 0 Å². The van der Waals surface area contributed by atoms with Crippen LogP contribution in [-0.2, 0) is 9.59 Å². The lowest BCUT2D eigenvalue weighted by atomic mass is 10.2. The van der Waals surface area contributed by atoms with E-state index in [0.717, 1.165) is 25.7 Å². The molecule has 116 valence electrons. The first-order valence-corrected chi connectivity index (χ1v) is 7.47. The monoisotopic (exact) mass is 294 g/mol. The SMILES string of the molecule is N#CC1CCCN1C(=O)CNCC(=O)N1CCC[C@H]1CO. The number of nitrogens with zero attached hydrogens (tertiary/aromatic N) is 3. The fraction of sp³-hybridized carbons (Fsp3) is 0.786. The molecule has 2 amide bonds. The van der Waals surface area contributed by atoms with Gasteiger partial charge in [0.05, 0.1) is 31.8 Å². The average Bonchev–Trinajstić information content (AvgIpc) is 3.15. The molecule has 0 aromatic heterocycles. The minimum absolute atomic E-state index is 0.0116. The number of aliphatic hydroxyl groups is 1. The molecule has 0 aromatic carbocycles. The Morgan fingerprint density at radius 3 is 2.43 bits per heavy atom. The van der Waals surface area contributed by atoms with E-state index in [9.17, 15) is 14.7 Å².